The zero-order valence-electron chi connectivity index (χ0n) is 14.8. The number of rotatable bonds is 5. The quantitative estimate of drug-likeness (QED) is 0.440. The van der Waals surface area contributed by atoms with Crippen molar-refractivity contribution in [2.75, 3.05) is 5.32 Å². The highest BCUT2D eigenvalue weighted by Crippen LogP contribution is 2.23. The Morgan fingerprint density at radius 2 is 1.71 bits per heavy atom. The van der Waals surface area contributed by atoms with Crippen molar-refractivity contribution in [3.8, 4) is 17.2 Å². The highest BCUT2D eigenvalue weighted by Gasteiger charge is 2.09. The van der Waals surface area contributed by atoms with Gasteiger partial charge in [-0.05, 0) is 60.7 Å². The fourth-order valence-electron chi connectivity index (χ4n) is 2.79. The SMILES string of the molecule is O=C(Nc1cccc(-n2cc[nH]c2=S)c1)c1cccc(Oc2ccccc2)c1. The van der Waals surface area contributed by atoms with E-state index in [0.29, 0.717) is 21.8 Å². The van der Waals surface area contributed by atoms with Gasteiger partial charge in [-0.25, -0.2) is 0 Å². The summed E-state index contributed by atoms with van der Waals surface area (Å²) in [7, 11) is 0. The minimum Gasteiger partial charge on any atom is -0.457 e. The third kappa shape index (κ3) is 4.02. The lowest BCUT2D eigenvalue weighted by Gasteiger charge is -2.10. The molecule has 138 valence electrons. The first-order chi connectivity index (χ1) is 13.7. The number of H-pyrrole nitrogens is 1. The number of amides is 1. The van der Waals surface area contributed by atoms with Crippen LogP contribution in [0.5, 0.6) is 11.5 Å². The average molecular weight is 387 g/mol. The van der Waals surface area contributed by atoms with Crippen LogP contribution < -0.4 is 10.1 Å². The molecule has 4 aromatic rings. The lowest BCUT2D eigenvalue weighted by molar-refractivity contribution is 0.102. The molecule has 2 N–H and O–H groups in total. The third-order valence-electron chi connectivity index (χ3n) is 4.11. The summed E-state index contributed by atoms with van der Waals surface area (Å²) in [4.78, 5) is 15.6. The van der Waals surface area contributed by atoms with Crippen LogP contribution in [0.4, 0.5) is 5.69 Å². The maximum Gasteiger partial charge on any atom is 0.255 e. The molecule has 0 unspecified atom stereocenters. The number of nitrogens with zero attached hydrogens (tertiary/aromatic N) is 1. The van der Waals surface area contributed by atoms with Crippen molar-refractivity contribution in [2.24, 2.45) is 0 Å². The van der Waals surface area contributed by atoms with Crippen LogP contribution in [0.3, 0.4) is 0 Å². The van der Waals surface area contributed by atoms with Crippen molar-refractivity contribution in [1.82, 2.24) is 9.55 Å². The molecule has 0 radical (unpaired) electrons. The van der Waals surface area contributed by atoms with Crippen LogP contribution in [0.1, 0.15) is 10.4 Å². The predicted octanol–water partition coefficient (Wildman–Crippen LogP) is 5.58. The summed E-state index contributed by atoms with van der Waals surface area (Å²) in [6.45, 7) is 0. The van der Waals surface area contributed by atoms with E-state index in [4.69, 9.17) is 17.0 Å². The maximum atomic E-state index is 12.7. The fourth-order valence-corrected chi connectivity index (χ4v) is 3.02. The molecule has 0 saturated heterocycles. The molecule has 4 rings (SSSR count). The lowest BCUT2D eigenvalue weighted by atomic mass is 10.2. The zero-order chi connectivity index (χ0) is 19.3. The number of aromatic nitrogens is 2. The van der Waals surface area contributed by atoms with Crippen molar-refractivity contribution in [2.45, 2.75) is 0 Å². The van der Waals surface area contributed by atoms with E-state index in [1.807, 2.05) is 71.4 Å². The summed E-state index contributed by atoms with van der Waals surface area (Å²) in [5.41, 5.74) is 2.06. The Bertz CT molecular complexity index is 1170. The molecule has 0 aliphatic carbocycles. The first-order valence-corrected chi connectivity index (χ1v) is 9.11. The van der Waals surface area contributed by atoms with Crippen LogP contribution >= 0.6 is 12.2 Å². The van der Waals surface area contributed by atoms with E-state index in [1.54, 1.807) is 24.4 Å². The molecule has 3 aromatic carbocycles. The number of hydrogen-bond acceptors (Lipinski definition) is 3. The van der Waals surface area contributed by atoms with Gasteiger partial charge in [-0.15, -0.1) is 0 Å². The second kappa shape index (κ2) is 7.94. The van der Waals surface area contributed by atoms with Crippen LogP contribution in [-0.2, 0) is 0 Å². The molecule has 0 aliphatic rings. The predicted molar refractivity (Wildman–Crippen MR) is 112 cm³/mol. The van der Waals surface area contributed by atoms with E-state index in [0.717, 1.165) is 11.4 Å². The van der Waals surface area contributed by atoms with Gasteiger partial charge in [0.25, 0.3) is 5.91 Å². The summed E-state index contributed by atoms with van der Waals surface area (Å²) in [5, 5.41) is 2.92. The van der Waals surface area contributed by atoms with Crippen LogP contribution in [0.2, 0.25) is 0 Å². The molecular formula is C22H17N3O2S. The minimum absolute atomic E-state index is 0.215. The number of ether oxygens (including phenoxy) is 1. The van der Waals surface area contributed by atoms with Crippen LogP contribution in [0.25, 0.3) is 5.69 Å². The number of imidazole rings is 1. The molecule has 1 amide bonds. The Labute approximate surface area is 167 Å². The van der Waals surface area contributed by atoms with Gasteiger partial charge < -0.3 is 15.0 Å². The molecule has 28 heavy (non-hydrogen) atoms. The highest BCUT2D eigenvalue weighted by atomic mass is 32.1. The third-order valence-corrected chi connectivity index (χ3v) is 4.42. The van der Waals surface area contributed by atoms with Crippen molar-refractivity contribution in [3.63, 3.8) is 0 Å². The zero-order valence-corrected chi connectivity index (χ0v) is 15.6. The van der Waals surface area contributed by atoms with E-state index in [-0.39, 0.29) is 5.91 Å². The molecule has 1 aromatic heterocycles. The number of nitrogens with one attached hydrogen (secondary N) is 2. The van der Waals surface area contributed by atoms with E-state index < -0.39 is 0 Å². The Morgan fingerprint density at radius 1 is 0.929 bits per heavy atom. The van der Waals surface area contributed by atoms with Gasteiger partial charge in [0.2, 0.25) is 0 Å². The smallest absolute Gasteiger partial charge is 0.255 e. The largest absolute Gasteiger partial charge is 0.457 e. The Balaban J connectivity index is 1.52. The normalized spacial score (nSPS) is 10.4. The summed E-state index contributed by atoms with van der Waals surface area (Å²) in [6, 6.07) is 24.0. The van der Waals surface area contributed by atoms with E-state index >= 15 is 0 Å². The second-order valence-corrected chi connectivity index (χ2v) is 6.47. The van der Waals surface area contributed by atoms with Gasteiger partial charge >= 0.3 is 0 Å². The number of para-hydroxylation sites is 1. The number of carbonyl (C=O) groups is 1. The molecule has 0 bridgehead atoms. The van der Waals surface area contributed by atoms with Gasteiger partial charge in [-0.3, -0.25) is 9.36 Å². The highest BCUT2D eigenvalue weighted by molar-refractivity contribution is 7.71. The van der Waals surface area contributed by atoms with Gasteiger partial charge in [0, 0.05) is 29.3 Å². The molecule has 5 nitrogen and oxygen atoms in total. The number of hydrogen-bond donors (Lipinski definition) is 2. The maximum absolute atomic E-state index is 12.7. The Kier molecular flexibility index (Phi) is 5.03. The monoisotopic (exact) mass is 387 g/mol. The van der Waals surface area contributed by atoms with Crippen molar-refractivity contribution < 1.29 is 9.53 Å². The van der Waals surface area contributed by atoms with Crippen LogP contribution in [0, 0.1) is 4.77 Å². The summed E-state index contributed by atoms with van der Waals surface area (Å²) >= 11 is 5.25. The fraction of sp³-hybridized carbons (Fsp3) is 0. The molecule has 0 saturated carbocycles. The standard InChI is InChI=1S/C22H17N3O2S/c26-21(16-6-4-11-20(14-16)27-19-9-2-1-3-10-19)24-17-7-5-8-18(15-17)25-13-12-23-22(25)28/h1-15H,(H,23,28)(H,24,26). The van der Waals surface area contributed by atoms with Crippen LogP contribution in [-0.4, -0.2) is 15.5 Å². The van der Waals surface area contributed by atoms with Gasteiger partial charge in [0.1, 0.15) is 11.5 Å². The van der Waals surface area contributed by atoms with E-state index in [2.05, 4.69) is 10.3 Å². The lowest BCUT2D eigenvalue weighted by Crippen LogP contribution is -2.12. The number of anilines is 1. The van der Waals surface area contributed by atoms with Gasteiger partial charge in [-0.1, -0.05) is 30.3 Å². The molecule has 0 aliphatic heterocycles. The van der Waals surface area contributed by atoms with E-state index in [1.165, 1.54) is 0 Å². The molecular weight excluding hydrogens is 370 g/mol. The number of benzene rings is 3. The van der Waals surface area contributed by atoms with Crippen LogP contribution in [0.15, 0.2) is 91.3 Å². The topological polar surface area (TPSA) is 59.0 Å². The molecule has 1 heterocycles. The Morgan fingerprint density at radius 3 is 2.50 bits per heavy atom. The summed E-state index contributed by atoms with van der Waals surface area (Å²) in [6.07, 6.45) is 3.61. The molecule has 0 fully saturated rings. The second-order valence-electron chi connectivity index (χ2n) is 6.08. The van der Waals surface area contributed by atoms with Crippen molar-refractivity contribution in [1.29, 1.82) is 0 Å². The van der Waals surface area contributed by atoms with Crippen molar-refractivity contribution in [3.05, 3.63) is 102 Å². The van der Waals surface area contributed by atoms with Gasteiger partial charge in [-0.2, -0.15) is 0 Å². The van der Waals surface area contributed by atoms with Gasteiger partial charge in [0.15, 0.2) is 4.77 Å². The van der Waals surface area contributed by atoms with E-state index in [9.17, 15) is 4.79 Å². The van der Waals surface area contributed by atoms with Crippen molar-refractivity contribution >= 4 is 23.8 Å². The summed E-state index contributed by atoms with van der Waals surface area (Å²) < 4.78 is 8.23. The minimum atomic E-state index is -0.215. The molecule has 0 atom stereocenters. The number of carbonyl (C=O) groups excluding carboxylic acids is 1. The summed E-state index contributed by atoms with van der Waals surface area (Å²) in [5.74, 6) is 1.11. The first-order valence-electron chi connectivity index (χ1n) is 8.70. The molecule has 6 heteroatoms. The molecule has 0 spiro atoms. The average Bonchev–Trinajstić information content (AvgIpc) is 3.15. The Hall–Kier alpha value is -3.64. The van der Waals surface area contributed by atoms with Gasteiger partial charge in [0.05, 0.1) is 0 Å². The number of aromatic amines is 1. The first kappa shape index (κ1) is 17.8.